The van der Waals surface area contributed by atoms with E-state index in [1.54, 1.807) is 19.3 Å². The second-order valence-corrected chi connectivity index (χ2v) is 6.78. The highest BCUT2D eigenvalue weighted by atomic mass is 16.5. The van der Waals surface area contributed by atoms with Gasteiger partial charge in [0.15, 0.2) is 17.3 Å². The van der Waals surface area contributed by atoms with E-state index in [9.17, 15) is 9.90 Å². The molecule has 0 spiro atoms. The highest BCUT2D eigenvalue weighted by Crippen LogP contribution is 2.53. The summed E-state index contributed by atoms with van der Waals surface area (Å²) in [4.78, 5) is 14.6. The minimum Gasteiger partial charge on any atom is -0.504 e. The molecule has 0 amide bonds. The molecule has 3 aliphatic rings. The van der Waals surface area contributed by atoms with E-state index in [0.29, 0.717) is 11.5 Å². The second-order valence-electron chi connectivity index (χ2n) is 6.78. The van der Waals surface area contributed by atoms with Gasteiger partial charge in [-0.25, -0.2) is 0 Å². The van der Waals surface area contributed by atoms with Gasteiger partial charge in [-0.15, -0.1) is 0 Å². The number of piperidine rings is 1. The molecule has 4 rings (SSSR count). The Morgan fingerprint density at radius 3 is 2.79 bits per heavy atom. The van der Waals surface area contributed by atoms with Crippen molar-refractivity contribution in [1.82, 2.24) is 4.90 Å². The SMILES string of the molecule is COC1=C[C@]23CCN(C)[C@H](Cc4cc(O)c(OC)cc42)C3=CC1=O. The van der Waals surface area contributed by atoms with Crippen LogP contribution < -0.4 is 4.74 Å². The van der Waals surface area contributed by atoms with Crippen LogP contribution in [0.5, 0.6) is 11.5 Å². The first-order valence-electron chi connectivity index (χ1n) is 8.14. The lowest BCUT2D eigenvalue weighted by Gasteiger charge is -2.52. The third kappa shape index (κ3) is 1.88. The molecule has 2 aliphatic carbocycles. The van der Waals surface area contributed by atoms with E-state index < -0.39 is 0 Å². The molecule has 0 unspecified atom stereocenters. The number of ether oxygens (including phenoxy) is 2. The van der Waals surface area contributed by atoms with Gasteiger partial charge >= 0.3 is 0 Å². The molecule has 0 radical (unpaired) electrons. The van der Waals surface area contributed by atoms with Crippen molar-refractivity contribution >= 4 is 5.78 Å². The van der Waals surface area contributed by atoms with E-state index in [-0.39, 0.29) is 23.0 Å². The molecule has 1 N–H and O–H groups in total. The fourth-order valence-corrected chi connectivity index (χ4v) is 4.44. The minimum absolute atomic E-state index is 0.0716. The van der Waals surface area contributed by atoms with Crippen LogP contribution in [0.2, 0.25) is 0 Å². The molecule has 5 heteroatoms. The molecule has 1 heterocycles. The predicted octanol–water partition coefficient (Wildman–Crippen LogP) is 1.94. The van der Waals surface area contributed by atoms with Gasteiger partial charge in [0.1, 0.15) is 0 Å². The number of likely N-dealkylation sites (N-methyl/N-ethyl adjacent to an activating group) is 1. The van der Waals surface area contributed by atoms with E-state index in [0.717, 1.165) is 36.1 Å². The summed E-state index contributed by atoms with van der Waals surface area (Å²) in [6.45, 7) is 0.937. The number of nitrogens with zero attached hydrogens (tertiary/aromatic N) is 1. The molecule has 1 fully saturated rings. The fraction of sp³-hybridized carbons (Fsp3) is 0.421. The number of carbonyl (C=O) groups excluding carboxylic acids is 1. The van der Waals surface area contributed by atoms with E-state index in [2.05, 4.69) is 11.9 Å². The third-order valence-corrected chi connectivity index (χ3v) is 5.69. The number of hydrogen-bond acceptors (Lipinski definition) is 5. The van der Waals surface area contributed by atoms with Gasteiger partial charge in [-0.2, -0.15) is 0 Å². The van der Waals surface area contributed by atoms with Crippen LogP contribution in [0.3, 0.4) is 0 Å². The van der Waals surface area contributed by atoms with Crippen LogP contribution in [0, 0.1) is 0 Å². The molecule has 0 saturated carbocycles. The summed E-state index contributed by atoms with van der Waals surface area (Å²) in [6.07, 6.45) is 5.37. The fourth-order valence-electron chi connectivity index (χ4n) is 4.44. The van der Waals surface area contributed by atoms with Gasteiger partial charge in [-0.3, -0.25) is 9.69 Å². The molecule has 126 valence electrons. The Morgan fingerprint density at radius 2 is 2.08 bits per heavy atom. The van der Waals surface area contributed by atoms with Crippen molar-refractivity contribution in [1.29, 1.82) is 0 Å². The summed E-state index contributed by atoms with van der Waals surface area (Å²) in [6, 6.07) is 3.88. The molecule has 5 nitrogen and oxygen atoms in total. The summed E-state index contributed by atoms with van der Waals surface area (Å²) in [5.41, 5.74) is 2.98. The summed E-state index contributed by atoms with van der Waals surface area (Å²) < 4.78 is 10.7. The van der Waals surface area contributed by atoms with Crippen LogP contribution in [-0.4, -0.2) is 49.6 Å². The van der Waals surface area contributed by atoms with Gasteiger partial charge in [-0.05, 0) is 67.4 Å². The van der Waals surface area contributed by atoms with Gasteiger partial charge in [0.25, 0.3) is 0 Å². The average Bonchev–Trinajstić information content (AvgIpc) is 2.57. The number of ketones is 1. The van der Waals surface area contributed by atoms with Crippen molar-refractivity contribution in [3.63, 3.8) is 0 Å². The van der Waals surface area contributed by atoms with Crippen molar-refractivity contribution in [3.8, 4) is 11.5 Å². The quantitative estimate of drug-likeness (QED) is 0.899. The van der Waals surface area contributed by atoms with Crippen LogP contribution in [0.15, 0.2) is 35.6 Å². The molecular formula is C19H21NO4. The van der Waals surface area contributed by atoms with Crippen molar-refractivity contribution in [2.75, 3.05) is 27.8 Å². The Hall–Kier alpha value is -2.27. The maximum atomic E-state index is 12.4. The molecule has 1 aromatic rings. The third-order valence-electron chi connectivity index (χ3n) is 5.69. The smallest absolute Gasteiger partial charge is 0.220 e. The maximum Gasteiger partial charge on any atom is 0.220 e. The first kappa shape index (κ1) is 15.3. The summed E-state index contributed by atoms with van der Waals surface area (Å²) in [5, 5.41) is 10.2. The monoisotopic (exact) mass is 327 g/mol. The summed E-state index contributed by atoms with van der Waals surface area (Å²) in [7, 11) is 5.17. The molecule has 2 bridgehead atoms. The minimum atomic E-state index is -0.356. The van der Waals surface area contributed by atoms with Gasteiger partial charge in [0.2, 0.25) is 5.78 Å². The highest BCUT2D eigenvalue weighted by Gasteiger charge is 2.50. The first-order chi connectivity index (χ1) is 11.5. The number of allylic oxidation sites excluding steroid dienone is 2. The van der Waals surface area contributed by atoms with Gasteiger partial charge in [0, 0.05) is 11.5 Å². The van der Waals surface area contributed by atoms with Crippen LogP contribution in [0.25, 0.3) is 0 Å². The lowest BCUT2D eigenvalue weighted by molar-refractivity contribution is -0.114. The second kappa shape index (κ2) is 5.11. The lowest BCUT2D eigenvalue weighted by Crippen LogP contribution is -2.54. The van der Waals surface area contributed by atoms with E-state index in [4.69, 9.17) is 9.47 Å². The first-order valence-corrected chi connectivity index (χ1v) is 8.14. The largest absolute Gasteiger partial charge is 0.504 e. The number of likely N-dealkylation sites (tertiary alicyclic amines) is 1. The number of rotatable bonds is 2. The maximum absolute atomic E-state index is 12.4. The number of fused-ring (bicyclic) bond motifs is 1. The molecule has 0 aromatic heterocycles. The summed E-state index contributed by atoms with van der Waals surface area (Å²) in [5.74, 6) is 0.937. The molecule has 1 aliphatic heterocycles. The Labute approximate surface area is 141 Å². The van der Waals surface area contributed by atoms with Crippen molar-refractivity contribution < 1.29 is 19.4 Å². The summed E-state index contributed by atoms with van der Waals surface area (Å²) >= 11 is 0. The number of hydrogen-bond donors (Lipinski definition) is 1. The lowest BCUT2D eigenvalue weighted by atomic mass is 9.59. The van der Waals surface area contributed by atoms with Crippen molar-refractivity contribution in [2.24, 2.45) is 0 Å². The zero-order chi connectivity index (χ0) is 17.1. The molecule has 1 saturated heterocycles. The number of phenolic OH excluding ortho intramolecular Hbond substituents is 1. The normalized spacial score (nSPS) is 28.5. The van der Waals surface area contributed by atoms with Gasteiger partial charge < -0.3 is 14.6 Å². The molecular weight excluding hydrogens is 306 g/mol. The predicted molar refractivity (Wildman–Crippen MR) is 89.3 cm³/mol. The van der Waals surface area contributed by atoms with Crippen LogP contribution in [0.1, 0.15) is 17.5 Å². The van der Waals surface area contributed by atoms with Crippen LogP contribution in [-0.2, 0) is 21.4 Å². The van der Waals surface area contributed by atoms with Crippen LogP contribution >= 0.6 is 0 Å². The van der Waals surface area contributed by atoms with Gasteiger partial charge in [-0.1, -0.05) is 0 Å². The Morgan fingerprint density at radius 1 is 1.29 bits per heavy atom. The van der Waals surface area contributed by atoms with E-state index in [1.807, 2.05) is 12.1 Å². The zero-order valence-electron chi connectivity index (χ0n) is 14.1. The topological polar surface area (TPSA) is 59.0 Å². The van der Waals surface area contributed by atoms with Crippen molar-refractivity contribution in [3.05, 3.63) is 46.7 Å². The Bertz CT molecular complexity index is 795. The average molecular weight is 327 g/mol. The van der Waals surface area contributed by atoms with Crippen LogP contribution in [0.4, 0.5) is 0 Å². The molecule has 2 atom stereocenters. The molecule has 1 aromatic carbocycles. The highest BCUT2D eigenvalue weighted by molar-refractivity contribution is 6.05. The molecule has 24 heavy (non-hydrogen) atoms. The van der Waals surface area contributed by atoms with Crippen molar-refractivity contribution in [2.45, 2.75) is 24.3 Å². The standard InChI is InChI=1S/C19H21NO4/c1-20-5-4-19-10-18(24-3)16(22)8-13(19)14(20)6-11-7-15(21)17(23-2)9-12(11)19/h7-10,14,21H,4-6H2,1-3H3/t14-,19-/m1/s1. The Balaban J connectivity index is 2.00. The van der Waals surface area contributed by atoms with E-state index in [1.165, 1.54) is 7.11 Å². The zero-order valence-corrected chi connectivity index (χ0v) is 14.1. The number of phenols is 1. The number of carbonyl (C=O) groups is 1. The number of methoxy groups -OCH3 is 2. The van der Waals surface area contributed by atoms with Gasteiger partial charge in [0.05, 0.1) is 14.2 Å². The number of benzene rings is 1. The number of aromatic hydroxyl groups is 1. The van der Waals surface area contributed by atoms with E-state index >= 15 is 0 Å². The Kier molecular flexibility index (Phi) is 3.25.